The van der Waals surface area contributed by atoms with Crippen molar-refractivity contribution < 1.29 is 14.4 Å². The number of rotatable bonds is 10. The van der Waals surface area contributed by atoms with Gasteiger partial charge in [0, 0.05) is 38.2 Å². The van der Waals surface area contributed by atoms with Crippen molar-refractivity contribution in [2.45, 2.75) is 64.5 Å². The van der Waals surface area contributed by atoms with Crippen LogP contribution in [-0.4, -0.2) is 48.4 Å². The Bertz CT molecular complexity index is 354. The second-order valence-corrected chi connectivity index (χ2v) is 7.00. The molecule has 0 saturated carbocycles. The Kier molecular flexibility index (Phi) is 14.1. The molecule has 0 aliphatic rings. The van der Waals surface area contributed by atoms with E-state index < -0.39 is 10.7 Å². The minimum atomic E-state index is -0.522. The van der Waals surface area contributed by atoms with Gasteiger partial charge in [-0.15, -0.1) is 0 Å². The van der Waals surface area contributed by atoms with Gasteiger partial charge in [-0.25, -0.2) is 0 Å². The predicted octanol–water partition coefficient (Wildman–Crippen LogP) is 2.69. The molecule has 0 rings (SSSR count). The molecule has 0 spiro atoms. The van der Waals surface area contributed by atoms with Crippen LogP contribution in [0.2, 0.25) is 0 Å². The summed E-state index contributed by atoms with van der Waals surface area (Å²) in [5.41, 5.74) is 0. The van der Waals surface area contributed by atoms with Gasteiger partial charge < -0.3 is 15.0 Å². The molecule has 0 heterocycles. The molecule has 136 valence electrons. The molecule has 0 fully saturated rings. The van der Waals surface area contributed by atoms with Gasteiger partial charge in [0.05, 0.1) is 5.92 Å². The molecule has 2 amide bonds. The lowest BCUT2D eigenvalue weighted by atomic mass is 9.90. The zero-order valence-corrected chi connectivity index (χ0v) is 16.4. The van der Waals surface area contributed by atoms with Crippen LogP contribution in [0.1, 0.15) is 59.8 Å². The first-order chi connectivity index (χ1) is 10.7. The van der Waals surface area contributed by atoms with E-state index in [2.05, 4.69) is 17.9 Å². The lowest BCUT2D eigenvalue weighted by Gasteiger charge is -2.31. The lowest BCUT2D eigenvalue weighted by Crippen LogP contribution is -2.41. The van der Waals surface area contributed by atoms with E-state index in [1.54, 1.807) is 19.0 Å². The number of carbonyl (C=O) groups is 3. The average Bonchev–Trinajstić information content (AvgIpc) is 2.51. The van der Waals surface area contributed by atoms with Gasteiger partial charge in [0.1, 0.15) is 6.29 Å². The Balaban J connectivity index is 0. The minimum Gasteiger partial charge on any atom is -0.359 e. The topological polar surface area (TPSA) is 66.5 Å². The van der Waals surface area contributed by atoms with Crippen molar-refractivity contribution >= 4 is 30.7 Å². The number of amides is 2. The van der Waals surface area contributed by atoms with Gasteiger partial charge in [-0.3, -0.25) is 9.59 Å². The summed E-state index contributed by atoms with van der Waals surface area (Å²) in [5.74, 6) is -0.412. The third-order valence-electron chi connectivity index (χ3n) is 3.54. The lowest BCUT2D eigenvalue weighted by molar-refractivity contribution is -0.136. The summed E-state index contributed by atoms with van der Waals surface area (Å²) in [7, 11) is 3.37. The molecule has 0 radical (unpaired) electrons. The van der Waals surface area contributed by atoms with Crippen LogP contribution in [0.5, 0.6) is 0 Å². The van der Waals surface area contributed by atoms with Gasteiger partial charge in [-0.05, 0) is 12.8 Å². The maximum Gasteiger partial charge on any atom is 0.227 e. The second kappa shape index (κ2) is 13.4. The number of nitrogens with zero attached hydrogens (tertiary/aromatic N) is 1. The molecule has 0 bridgehead atoms. The predicted molar refractivity (Wildman–Crippen MR) is 98.8 cm³/mol. The van der Waals surface area contributed by atoms with Crippen LogP contribution >= 0.6 is 12.6 Å². The molecule has 0 aromatic rings. The van der Waals surface area contributed by atoms with Gasteiger partial charge in [0.2, 0.25) is 11.8 Å². The number of nitrogens with one attached hydrogen (secondary N) is 1. The van der Waals surface area contributed by atoms with Crippen molar-refractivity contribution in [1.29, 1.82) is 0 Å². The van der Waals surface area contributed by atoms with E-state index in [0.717, 1.165) is 25.5 Å². The quantitative estimate of drug-likeness (QED) is 0.363. The normalized spacial score (nSPS) is 11.8. The zero-order chi connectivity index (χ0) is 18.5. The van der Waals surface area contributed by atoms with Crippen molar-refractivity contribution in [3.8, 4) is 0 Å². The molecule has 6 heteroatoms. The van der Waals surface area contributed by atoms with Crippen LogP contribution < -0.4 is 5.32 Å². The molecule has 0 saturated heterocycles. The van der Waals surface area contributed by atoms with Crippen LogP contribution in [-0.2, 0) is 14.4 Å². The van der Waals surface area contributed by atoms with Crippen LogP contribution in [0.25, 0.3) is 0 Å². The monoisotopic (exact) mass is 346 g/mol. The van der Waals surface area contributed by atoms with Crippen molar-refractivity contribution in [2.24, 2.45) is 5.92 Å². The van der Waals surface area contributed by atoms with Crippen LogP contribution in [0.15, 0.2) is 0 Å². The molecular formula is C17H34N2O3S. The van der Waals surface area contributed by atoms with Crippen molar-refractivity contribution in [3.05, 3.63) is 0 Å². The van der Waals surface area contributed by atoms with Crippen molar-refractivity contribution in [3.63, 3.8) is 0 Å². The Morgan fingerprint density at radius 3 is 2.22 bits per heavy atom. The molecule has 5 nitrogen and oxygen atoms in total. The third kappa shape index (κ3) is 11.2. The largest absolute Gasteiger partial charge is 0.359 e. The number of hydrogen-bond donors (Lipinski definition) is 2. The molecule has 0 aliphatic heterocycles. The molecule has 1 atom stereocenters. The van der Waals surface area contributed by atoms with Gasteiger partial charge >= 0.3 is 0 Å². The number of hydrogen-bond acceptors (Lipinski definition) is 4. The third-order valence-corrected chi connectivity index (χ3v) is 3.85. The SMILES string of the molecule is CC.CNC(=O)CCCCCN(C)C(=O)C(CC=O)C(C)(C)S. The van der Waals surface area contributed by atoms with E-state index >= 15 is 0 Å². The molecule has 0 aliphatic carbocycles. The summed E-state index contributed by atoms with van der Waals surface area (Å²) >= 11 is 4.42. The molecule has 1 unspecified atom stereocenters. The summed E-state index contributed by atoms with van der Waals surface area (Å²) in [5, 5.41) is 2.58. The Labute approximate surface area is 147 Å². The van der Waals surface area contributed by atoms with Crippen LogP contribution in [0.3, 0.4) is 0 Å². The highest BCUT2D eigenvalue weighted by molar-refractivity contribution is 7.81. The fourth-order valence-corrected chi connectivity index (χ4v) is 2.32. The number of carbonyl (C=O) groups excluding carboxylic acids is 3. The number of aldehydes is 1. The van der Waals surface area contributed by atoms with E-state index in [-0.39, 0.29) is 18.2 Å². The maximum absolute atomic E-state index is 12.4. The summed E-state index contributed by atoms with van der Waals surface area (Å²) in [6.07, 6.45) is 4.05. The maximum atomic E-state index is 12.4. The summed E-state index contributed by atoms with van der Waals surface area (Å²) in [6.45, 7) is 8.32. The van der Waals surface area contributed by atoms with Gasteiger partial charge in [0.25, 0.3) is 0 Å². The highest BCUT2D eigenvalue weighted by atomic mass is 32.1. The van der Waals surface area contributed by atoms with Crippen LogP contribution in [0.4, 0.5) is 0 Å². The first kappa shape index (κ1) is 24.2. The Morgan fingerprint density at radius 2 is 1.78 bits per heavy atom. The van der Waals surface area contributed by atoms with Gasteiger partial charge in [0.15, 0.2) is 0 Å². The molecule has 23 heavy (non-hydrogen) atoms. The van der Waals surface area contributed by atoms with E-state index in [4.69, 9.17) is 0 Å². The molecule has 0 aromatic heterocycles. The highest BCUT2D eigenvalue weighted by Gasteiger charge is 2.33. The van der Waals surface area contributed by atoms with Gasteiger partial charge in [-0.2, -0.15) is 12.6 Å². The van der Waals surface area contributed by atoms with Gasteiger partial charge in [-0.1, -0.05) is 34.1 Å². The summed E-state index contributed by atoms with van der Waals surface area (Å²) < 4.78 is -0.522. The number of unbranched alkanes of at least 4 members (excludes halogenated alkanes) is 2. The Hall–Kier alpha value is -1.04. The smallest absolute Gasteiger partial charge is 0.227 e. The first-order valence-corrected chi connectivity index (χ1v) is 8.80. The summed E-state index contributed by atoms with van der Waals surface area (Å²) in [4.78, 5) is 35.8. The Morgan fingerprint density at radius 1 is 1.22 bits per heavy atom. The van der Waals surface area contributed by atoms with E-state index in [1.165, 1.54) is 0 Å². The molecular weight excluding hydrogens is 312 g/mol. The fraction of sp³-hybridized carbons (Fsp3) is 0.824. The van der Waals surface area contributed by atoms with E-state index in [0.29, 0.717) is 13.0 Å². The second-order valence-electron chi connectivity index (χ2n) is 5.85. The standard InChI is InChI=1S/C15H28N2O3S.C2H6/c1-15(2,21)12(9-11-18)14(20)17(4)10-7-5-6-8-13(19)16-3;1-2/h11-12,21H,5-10H2,1-4H3,(H,16,19);1-2H3. The highest BCUT2D eigenvalue weighted by Crippen LogP contribution is 2.27. The summed E-state index contributed by atoms with van der Waals surface area (Å²) in [6, 6.07) is 0. The van der Waals surface area contributed by atoms with E-state index in [1.807, 2.05) is 27.7 Å². The average molecular weight is 347 g/mol. The first-order valence-electron chi connectivity index (χ1n) is 8.35. The molecule has 0 aromatic carbocycles. The van der Waals surface area contributed by atoms with E-state index in [9.17, 15) is 14.4 Å². The van der Waals surface area contributed by atoms with Crippen molar-refractivity contribution in [1.82, 2.24) is 10.2 Å². The van der Waals surface area contributed by atoms with Crippen LogP contribution in [0, 0.1) is 5.92 Å². The minimum absolute atomic E-state index is 0.0438. The zero-order valence-electron chi connectivity index (χ0n) is 15.5. The number of thiol groups is 1. The fourth-order valence-electron chi connectivity index (χ4n) is 2.10. The molecule has 1 N–H and O–H groups in total. The van der Waals surface area contributed by atoms with Crippen molar-refractivity contribution in [2.75, 3.05) is 20.6 Å².